The number of carbonyl (C=O) groups excluding carboxylic acids is 3. The number of hydrogen-bond donors (Lipinski definition) is 0. The van der Waals surface area contributed by atoms with E-state index >= 15 is 0 Å². The Labute approximate surface area is 129 Å². The highest BCUT2D eigenvalue weighted by Crippen LogP contribution is 2.20. The lowest BCUT2D eigenvalue weighted by Gasteiger charge is -2.16. The first kappa shape index (κ1) is 22.1. The Balaban J connectivity index is 0. The van der Waals surface area contributed by atoms with Crippen LogP contribution in [0.2, 0.25) is 0 Å². The molecule has 0 saturated carbocycles. The normalized spacial score (nSPS) is 12.6. The molecule has 0 spiro atoms. The van der Waals surface area contributed by atoms with Gasteiger partial charge in [0.1, 0.15) is 0 Å². The fraction of sp³-hybridized carbons (Fsp3) is 0.882. The Hall–Kier alpha value is -1.15. The Morgan fingerprint density at radius 3 is 2.10 bits per heavy atom. The molecule has 0 fully saturated rings. The van der Waals surface area contributed by atoms with E-state index in [1.807, 2.05) is 0 Å². The van der Waals surface area contributed by atoms with Crippen LogP contribution in [0.25, 0.3) is 0 Å². The SMILES string of the molecule is CCCCCC(C)CC(C)CC(=O)OCCCC.O=C=O. The maximum absolute atomic E-state index is 11.5. The average molecular weight is 300 g/mol. The quantitative estimate of drug-likeness (QED) is 0.419. The summed E-state index contributed by atoms with van der Waals surface area (Å²) in [7, 11) is 0. The monoisotopic (exact) mass is 300 g/mol. The van der Waals surface area contributed by atoms with Crippen molar-refractivity contribution >= 4 is 12.1 Å². The molecule has 0 rings (SSSR count). The van der Waals surface area contributed by atoms with E-state index < -0.39 is 0 Å². The predicted molar refractivity (Wildman–Crippen MR) is 82.6 cm³/mol. The predicted octanol–water partition coefficient (Wildman–Crippen LogP) is 4.38. The van der Waals surface area contributed by atoms with Gasteiger partial charge in [-0.1, -0.05) is 59.8 Å². The first-order valence-electron chi connectivity index (χ1n) is 8.16. The summed E-state index contributed by atoms with van der Waals surface area (Å²) < 4.78 is 5.19. The van der Waals surface area contributed by atoms with Gasteiger partial charge < -0.3 is 4.74 Å². The molecule has 0 radical (unpaired) electrons. The molecule has 0 aromatic heterocycles. The van der Waals surface area contributed by atoms with Crippen LogP contribution < -0.4 is 0 Å². The average Bonchev–Trinajstić information content (AvgIpc) is 2.40. The third-order valence-electron chi connectivity index (χ3n) is 3.38. The molecule has 0 saturated heterocycles. The van der Waals surface area contributed by atoms with Crippen molar-refractivity contribution in [2.24, 2.45) is 11.8 Å². The summed E-state index contributed by atoms with van der Waals surface area (Å²) in [5.74, 6) is 1.17. The summed E-state index contributed by atoms with van der Waals surface area (Å²) in [6, 6.07) is 0. The van der Waals surface area contributed by atoms with Crippen LogP contribution in [-0.4, -0.2) is 18.7 Å². The molecular formula is C17H32O4. The fourth-order valence-corrected chi connectivity index (χ4v) is 2.30. The van der Waals surface area contributed by atoms with Gasteiger partial charge in [-0.05, 0) is 24.7 Å². The minimum absolute atomic E-state index is 0.0169. The van der Waals surface area contributed by atoms with Gasteiger partial charge in [-0.3, -0.25) is 4.79 Å². The molecule has 0 heterocycles. The maximum atomic E-state index is 11.5. The Morgan fingerprint density at radius 2 is 1.57 bits per heavy atom. The molecule has 124 valence electrons. The lowest BCUT2D eigenvalue weighted by atomic mass is 9.91. The minimum Gasteiger partial charge on any atom is -0.466 e. The van der Waals surface area contributed by atoms with Crippen LogP contribution >= 0.6 is 0 Å². The molecule has 0 aliphatic rings. The van der Waals surface area contributed by atoms with Crippen molar-refractivity contribution in [1.29, 1.82) is 0 Å². The van der Waals surface area contributed by atoms with E-state index in [0.29, 0.717) is 18.9 Å². The number of esters is 1. The number of carbonyl (C=O) groups is 1. The molecule has 4 nitrogen and oxygen atoms in total. The standard InChI is InChI=1S/C16H32O2.CO2/c1-5-7-9-10-14(3)12-15(4)13-16(17)18-11-8-6-2;2-1-3/h14-15H,5-13H2,1-4H3;. The van der Waals surface area contributed by atoms with Crippen molar-refractivity contribution in [3.8, 4) is 0 Å². The van der Waals surface area contributed by atoms with Crippen LogP contribution in [0.15, 0.2) is 0 Å². The minimum atomic E-state index is -0.0169. The Morgan fingerprint density at radius 1 is 1.00 bits per heavy atom. The zero-order valence-electron chi connectivity index (χ0n) is 14.2. The van der Waals surface area contributed by atoms with Crippen LogP contribution in [0.1, 0.15) is 79.1 Å². The molecule has 0 N–H and O–H groups in total. The molecular weight excluding hydrogens is 268 g/mol. The maximum Gasteiger partial charge on any atom is 0.373 e. The number of hydrogen-bond acceptors (Lipinski definition) is 4. The summed E-state index contributed by atoms with van der Waals surface area (Å²) in [6.45, 7) is 9.40. The van der Waals surface area contributed by atoms with Gasteiger partial charge in [0.05, 0.1) is 6.61 Å². The molecule has 21 heavy (non-hydrogen) atoms. The molecule has 4 heteroatoms. The van der Waals surface area contributed by atoms with Gasteiger partial charge >= 0.3 is 12.1 Å². The molecule has 0 aliphatic heterocycles. The lowest BCUT2D eigenvalue weighted by molar-refractivity contribution is -0.191. The van der Waals surface area contributed by atoms with Gasteiger partial charge in [0.25, 0.3) is 0 Å². The Kier molecular flexibility index (Phi) is 17.8. The van der Waals surface area contributed by atoms with Crippen LogP contribution in [-0.2, 0) is 19.1 Å². The number of unbranched alkanes of at least 4 members (excludes halogenated alkanes) is 3. The van der Waals surface area contributed by atoms with Gasteiger partial charge in [0.15, 0.2) is 0 Å². The van der Waals surface area contributed by atoms with E-state index in [1.165, 1.54) is 25.7 Å². The van der Waals surface area contributed by atoms with Crippen LogP contribution in [0.5, 0.6) is 0 Å². The third kappa shape index (κ3) is 18.9. The van der Waals surface area contributed by atoms with E-state index in [-0.39, 0.29) is 12.1 Å². The van der Waals surface area contributed by atoms with Crippen molar-refractivity contribution in [3.63, 3.8) is 0 Å². The lowest BCUT2D eigenvalue weighted by Crippen LogP contribution is -2.12. The Bertz CT molecular complexity index is 270. The summed E-state index contributed by atoms with van der Waals surface area (Å²) in [6.07, 6.45) is 9.28. The molecule has 2 unspecified atom stereocenters. The number of ether oxygens (including phenoxy) is 1. The molecule has 0 amide bonds. The zero-order chi connectivity index (χ0) is 16.5. The van der Waals surface area contributed by atoms with E-state index in [0.717, 1.165) is 25.2 Å². The highest BCUT2D eigenvalue weighted by atomic mass is 16.5. The molecule has 0 bridgehead atoms. The molecule has 0 aromatic rings. The van der Waals surface area contributed by atoms with Gasteiger partial charge in [-0.25, -0.2) is 0 Å². The molecule has 0 aliphatic carbocycles. The van der Waals surface area contributed by atoms with Crippen molar-refractivity contribution in [3.05, 3.63) is 0 Å². The van der Waals surface area contributed by atoms with Crippen molar-refractivity contribution in [2.75, 3.05) is 6.61 Å². The second-order valence-corrected chi connectivity index (χ2v) is 5.80. The zero-order valence-corrected chi connectivity index (χ0v) is 14.2. The first-order valence-corrected chi connectivity index (χ1v) is 8.16. The second kappa shape index (κ2) is 16.9. The third-order valence-corrected chi connectivity index (χ3v) is 3.38. The summed E-state index contributed by atoms with van der Waals surface area (Å²) in [5, 5.41) is 0. The van der Waals surface area contributed by atoms with Crippen molar-refractivity contribution in [2.45, 2.75) is 79.1 Å². The smallest absolute Gasteiger partial charge is 0.373 e. The topological polar surface area (TPSA) is 60.4 Å². The van der Waals surface area contributed by atoms with E-state index in [1.54, 1.807) is 0 Å². The largest absolute Gasteiger partial charge is 0.466 e. The summed E-state index contributed by atoms with van der Waals surface area (Å²) in [4.78, 5) is 27.8. The first-order chi connectivity index (χ1) is 10.0. The fourth-order valence-electron chi connectivity index (χ4n) is 2.30. The van der Waals surface area contributed by atoms with Gasteiger partial charge in [-0.15, -0.1) is 0 Å². The van der Waals surface area contributed by atoms with Gasteiger partial charge in [0.2, 0.25) is 0 Å². The van der Waals surface area contributed by atoms with Crippen LogP contribution in [0, 0.1) is 11.8 Å². The van der Waals surface area contributed by atoms with E-state index in [9.17, 15) is 4.79 Å². The summed E-state index contributed by atoms with van der Waals surface area (Å²) >= 11 is 0. The van der Waals surface area contributed by atoms with Crippen LogP contribution in [0.4, 0.5) is 0 Å². The highest BCUT2D eigenvalue weighted by molar-refractivity contribution is 5.69. The van der Waals surface area contributed by atoms with Gasteiger partial charge in [0, 0.05) is 6.42 Å². The van der Waals surface area contributed by atoms with Gasteiger partial charge in [-0.2, -0.15) is 9.59 Å². The summed E-state index contributed by atoms with van der Waals surface area (Å²) in [5.41, 5.74) is 0. The molecule has 0 aromatic carbocycles. The van der Waals surface area contributed by atoms with E-state index in [4.69, 9.17) is 14.3 Å². The van der Waals surface area contributed by atoms with Crippen molar-refractivity contribution in [1.82, 2.24) is 0 Å². The molecule has 2 atom stereocenters. The number of rotatable bonds is 11. The second-order valence-electron chi connectivity index (χ2n) is 5.80. The van der Waals surface area contributed by atoms with Crippen molar-refractivity contribution < 1.29 is 19.1 Å². The van der Waals surface area contributed by atoms with Crippen LogP contribution in [0.3, 0.4) is 0 Å². The highest BCUT2D eigenvalue weighted by Gasteiger charge is 2.13. The van der Waals surface area contributed by atoms with E-state index in [2.05, 4.69) is 27.7 Å².